The summed E-state index contributed by atoms with van der Waals surface area (Å²) in [6.07, 6.45) is 1.05. The van der Waals surface area contributed by atoms with Crippen LogP contribution in [0.3, 0.4) is 0 Å². The summed E-state index contributed by atoms with van der Waals surface area (Å²) in [5.41, 5.74) is 6.18. The van der Waals surface area contributed by atoms with E-state index in [9.17, 15) is 14.4 Å². The van der Waals surface area contributed by atoms with Crippen molar-refractivity contribution in [3.63, 3.8) is 0 Å². The Hall–Kier alpha value is -2.69. The quantitative estimate of drug-likeness (QED) is 0.778. The summed E-state index contributed by atoms with van der Waals surface area (Å²) in [5.74, 6) is -0.853. The fourth-order valence-corrected chi connectivity index (χ4v) is 2.55. The molecule has 0 aliphatic carbocycles. The summed E-state index contributed by atoms with van der Waals surface area (Å²) in [4.78, 5) is 35.0. The highest BCUT2D eigenvalue weighted by Crippen LogP contribution is 2.16. The largest absolute Gasteiger partial charge is 0.368 e. The molecule has 126 valence electrons. The van der Waals surface area contributed by atoms with Crippen molar-refractivity contribution in [1.29, 1.82) is 0 Å². The van der Waals surface area contributed by atoms with Crippen LogP contribution in [0.4, 0.5) is 0 Å². The Morgan fingerprint density at radius 2 is 1.79 bits per heavy atom. The topological polar surface area (TPSA) is 89.3 Å². The molecule has 0 bridgehead atoms. The average molecular weight is 326 g/mol. The number of fused-ring (bicyclic) bond motifs is 1. The number of Topliss-reactive ketones (excluding diaryl/α,β-unsaturated/α-hetero) is 1. The van der Waals surface area contributed by atoms with E-state index in [1.807, 2.05) is 42.5 Å². The number of nitrogens with one attached hydrogen (secondary N) is 1. The Bertz CT molecular complexity index is 755. The normalized spacial score (nSPS) is 11.9. The van der Waals surface area contributed by atoms with Crippen LogP contribution in [0.25, 0.3) is 10.8 Å². The van der Waals surface area contributed by atoms with Crippen molar-refractivity contribution in [2.45, 2.75) is 38.6 Å². The summed E-state index contributed by atoms with van der Waals surface area (Å²) in [5, 5.41) is 4.79. The predicted molar refractivity (Wildman–Crippen MR) is 93.3 cm³/mol. The number of primary amides is 1. The van der Waals surface area contributed by atoms with E-state index < -0.39 is 11.9 Å². The average Bonchev–Trinajstić information content (AvgIpc) is 2.57. The molecule has 0 aliphatic rings. The highest BCUT2D eigenvalue weighted by Gasteiger charge is 2.19. The van der Waals surface area contributed by atoms with Gasteiger partial charge >= 0.3 is 0 Å². The fourth-order valence-electron chi connectivity index (χ4n) is 2.55. The lowest BCUT2D eigenvalue weighted by Crippen LogP contribution is -2.45. The van der Waals surface area contributed by atoms with E-state index in [0.717, 1.165) is 16.3 Å². The molecule has 2 aromatic carbocycles. The number of benzene rings is 2. The molecular formula is C19H22N2O3. The standard InChI is InChI=1S/C19H22N2O3/c1-2-16(22)9-10-17(19(20)24)21-18(23)12-13-7-8-14-5-3-4-6-15(14)11-13/h3-8,11,17H,2,9-10,12H2,1H3,(H2,20,24)(H,21,23)/t17-/m1/s1. The first kappa shape index (κ1) is 17.7. The first-order valence-electron chi connectivity index (χ1n) is 8.07. The smallest absolute Gasteiger partial charge is 0.240 e. The van der Waals surface area contributed by atoms with Crippen LogP contribution in [0.2, 0.25) is 0 Å². The number of hydrogen-bond acceptors (Lipinski definition) is 3. The third-order valence-corrected chi connectivity index (χ3v) is 3.96. The van der Waals surface area contributed by atoms with Gasteiger partial charge in [-0.3, -0.25) is 14.4 Å². The molecule has 0 saturated heterocycles. The van der Waals surface area contributed by atoms with E-state index in [2.05, 4.69) is 5.32 Å². The Kier molecular flexibility index (Phi) is 6.07. The summed E-state index contributed by atoms with van der Waals surface area (Å²) in [6.45, 7) is 1.76. The van der Waals surface area contributed by atoms with E-state index in [-0.39, 0.29) is 31.0 Å². The van der Waals surface area contributed by atoms with Crippen LogP contribution < -0.4 is 11.1 Å². The molecule has 3 N–H and O–H groups in total. The molecule has 0 heterocycles. The molecule has 2 aromatic rings. The molecule has 24 heavy (non-hydrogen) atoms. The SMILES string of the molecule is CCC(=O)CC[C@@H](NC(=O)Cc1ccc2ccccc2c1)C(N)=O. The van der Waals surface area contributed by atoms with Crippen LogP contribution in [-0.4, -0.2) is 23.6 Å². The maximum absolute atomic E-state index is 12.2. The van der Waals surface area contributed by atoms with Gasteiger partial charge in [0.05, 0.1) is 6.42 Å². The summed E-state index contributed by atoms with van der Waals surface area (Å²) in [7, 11) is 0. The predicted octanol–water partition coefficient (Wildman–Crippen LogP) is 2.11. The van der Waals surface area contributed by atoms with Crippen molar-refractivity contribution in [3.05, 3.63) is 48.0 Å². The molecule has 0 radical (unpaired) electrons. The second kappa shape index (κ2) is 8.24. The molecule has 0 aliphatic heterocycles. The molecule has 0 unspecified atom stereocenters. The van der Waals surface area contributed by atoms with Gasteiger partial charge in [0.25, 0.3) is 0 Å². The van der Waals surface area contributed by atoms with Gasteiger partial charge in [-0.1, -0.05) is 49.4 Å². The van der Waals surface area contributed by atoms with Crippen molar-refractivity contribution in [2.75, 3.05) is 0 Å². The molecule has 0 fully saturated rings. The number of carbonyl (C=O) groups excluding carboxylic acids is 3. The molecule has 2 rings (SSSR count). The lowest BCUT2D eigenvalue weighted by atomic mass is 10.0. The van der Waals surface area contributed by atoms with Gasteiger partial charge in [0.15, 0.2) is 0 Å². The minimum atomic E-state index is -0.812. The van der Waals surface area contributed by atoms with Crippen LogP contribution >= 0.6 is 0 Å². The van der Waals surface area contributed by atoms with Crippen LogP contribution in [0.15, 0.2) is 42.5 Å². The zero-order chi connectivity index (χ0) is 17.5. The van der Waals surface area contributed by atoms with Gasteiger partial charge in [0, 0.05) is 12.8 Å². The number of rotatable bonds is 8. The highest BCUT2D eigenvalue weighted by molar-refractivity contribution is 5.89. The molecule has 5 nitrogen and oxygen atoms in total. The third kappa shape index (κ3) is 4.91. The summed E-state index contributed by atoms with van der Waals surface area (Å²) >= 11 is 0. The second-order valence-corrected chi connectivity index (χ2v) is 5.81. The Morgan fingerprint density at radius 3 is 2.46 bits per heavy atom. The maximum atomic E-state index is 12.2. The monoisotopic (exact) mass is 326 g/mol. The van der Waals surface area contributed by atoms with Crippen LogP contribution in [-0.2, 0) is 20.8 Å². The Balaban J connectivity index is 1.98. The summed E-state index contributed by atoms with van der Waals surface area (Å²) in [6, 6.07) is 12.9. The molecule has 1 atom stereocenters. The molecule has 0 aromatic heterocycles. The minimum absolute atomic E-state index is 0.0463. The first-order valence-corrected chi connectivity index (χ1v) is 8.07. The maximum Gasteiger partial charge on any atom is 0.240 e. The van der Waals surface area contributed by atoms with Gasteiger partial charge in [0.2, 0.25) is 11.8 Å². The third-order valence-electron chi connectivity index (χ3n) is 3.96. The number of ketones is 1. The molecule has 0 saturated carbocycles. The van der Waals surface area contributed by atoms with Crippen LogP contribution in [0.1, 0.15) is 31.7 Å². The number of hydrogen-bond donors (Lipinski definition) is 2. The zero-order valence-electron chi connectivity index (χ0n) is 13.7. The molecule has 5 heteroatoms. The Morgan fingerprint density at radius 1 is 1.08 bits per heavy atom. The van der Waals surface area contributed by atoms with E-state index >= 15 is 0 Å². The number of carbonyl (C=O) groups is 3. The molecular weight excluding hydrogens is 304 g/mol. The van der Waals surface area contributed by atoms with Crippen molar-refractivity contribution >= 4 is 28.4 Å². The molecule has 2 amide bonds. The first-order chi connectivity index (χ1) is 11.5. The van der Waals surface area contributed by atoms with Crippen molar-refractivity contribution in [3.8, 4) is 0 Å². The number of amides is 2. The second-order valence-electron chi connectivity index (χ2n) is 5.81. The lowest BCUT2D eigenvalue weighted by molar-refractivity contribution is -0.127. The van der Waals surface area contributed by atoms with Gasteiger partial charge in [-0.05, 0) is 22.8 Å². The van der Waals surface area contributed by atoms with Crippen molar-refractivity contribution < 1.29 is 14.4 Å². The highest BCUT2D eigenvalue weighted by atomic mass is 16.2. The van der Waals surface area contributed by atoms with Crippen molar-refractivity contribution in [2.24, 2.45) is 5.73 Å². The van der Waals surface area contributed by atoms with Crippen LogP contribution in [0, 0.1) is 0 Å². The zero-order valence-corrected chi connectivity index (χ0v) is 13.7. The Labute approximate surface area is 141 Å². The minimum Gasteiger partial charge on any atom is -0.368 e. The van der Waals surface area contributed by atoms with E-state index in [1.165, 1.54) is 0 Å². The van der Waals surface area contributed by atoms with E-state index in [4.69, 9.17) is 5.73 Å². The van der Waals surface area contributed by atoms with Crippen molar-refractivity contribution in [1.82, 2.24) is 5.32 Å². The fraction of sp³-hybridized carbons (Fsp3) is 0.316. The van der Waals surface area contributed by atoms with Gasteiger partial charge in [-0.15, -0.1) is 0 Å². The van der Waals surface area contributed by atoms with Crippen LogP contribution in [0.5, 0.6) is 0 Å². The van der Waals surface area contributed by atoms with Gasteiger partial charge in [-0.25, -0.2) is 0 Å². The van der Waals surface area contributed by atoms with Gasteiger partial charge < -0.3 is 11.1 Å². The van der Waals surface area contributed by atoms with E-state index in [1.54, 1.807) is 6.92 Å². The van der Waals surface area contributed by atoms with Gasteiger partial charge in [0.1, 0.15) is 11.8 Å². The lowest BCUT2D eigenvalue weighted by Gasteiger charge is -2.15. The number of nitrogens with two attached hydrogens (primary N) is 1. The van der Waals surface area contributed by atoms with Gasteiger partial charge in [-0.2, -0.15) is 0 Å². The molecule has 0 spiro atoms. The summed E-state index contributed by atoms with van der Waals surface area (Å²) < 4.78 is 0. The van der Waals surface area contributed by atoms with E-state index in [0.29, 0.717) is 6.42 Å².